The van der Waals surface area contributed by atoms with E-state index in [2.05, 4.69) is 18.8 Å². The van der Waals surface area contributed by atoms with Crippen LogP contribution in [0.25, 0.3) is 0 Å². The molecule has 100 valence electrons. The molecule has 0 saturated carbocycles. The first-order valence-corrected chi connectivity index (χ1v) is 6.88. The molecule has 0 radical (unpaired) electrons. The van der Waals surface area contributed by atoms with E-state index >= 15 is 0 Å². The first kappa shape index (κ1) is 14.8. The minimum Gasteiger partial charge on any atom is -0.490 e. The molecular formula is C13H19FN2OS. The molecule has 0 heterocycles. The van der Waals surface area contributed by atoms with Crippen molar-refractivity contribution >= 4 is 16.9 Å². The van der Waals surface area contributed by atoms with E-state index in [1.165, 1.54) is 17.8 Å². The Morgan fingerprint density at radius 3 is 2.83 bits per heavy atom. The van der Waals surface area contributed by atoms with Gasteiger partial charge in [0, 0.05) is 12.3 Å². The maximum atomic E-state index is 13.2. The summed E-state index contributed by atoms with van der Waals surface area (Å²) in [5.74, 6) is 1.08. The molecule has 0 fully saturated rings. The third-order valence-corrected chi connectivity index (χ3v) is 2.84. The zero-order valence-corrected chi connectivity index (χ0v) is 11.5. The van der Waals surface area contributed by atoms with Crippen molar-refractivity contribution in [2.45, 2.75) is 13.8 Å². The summed E-state index contributed by atoms with van der Waals surface area (Å²) in [7, 11) is 0. The number of aliphatic imine (C=N–C) groups is 1. The summed E-state index contributed by atoms with van der Waals surface area (Å²) in [6.07, 6.45) is 0. The van der Waals surface area contributed by atoms with Gasteiger partial charge in [-0.2, -0.15) is 0 Å². The molecule has 0 unspecified atom stereocenters. The first-order chi connectivity index (χ1) is 8.59. The van der Waals surface area contributed by atoms with Gasteiger partial charge in [0.05, 0.1) is 6.61 Å². The van der Waals surface area contributed by atoms with Crippen LogP contribution in [-0.2, 0) is 0 Å². The van der Waals surface area contributed by atoms with E-state index in [1.807, 2.05) is 0 Å². The van der Waals surface area contributed by atoms with E-state index < -0.39 is 0 Å². The van der Waals surface area contributed by atoms with Gasteiger partial charge >= 0.3 is 0 Å². The molecule has 5 heteroatoms. The van der Waals surface area contributed by atoms with Gasteiger partial charge in [-0.05, 0) is 18.1 Å². The SMILES string of the molecule is CC(C)CN=C(N)SCCOc1ccccc1F. The van der Waals surface area contributed by atoms with Crippen molar-refractivity contribution in [1.29, 1.82) is 0 Å². The monoisotopic (exact) mass is 270 g/mol. The van der Waals surface area contributed by atoms with Crippen LogP contribution in [0.5, 0.6) is 5.75 Å². The van der Waals surface area contributed by atoms with Gasteiger partial charge in [-0.3, -0.25) is 4.99 Å². The second-order valence-corrected chi connectivity index (χ2v) is 5.32. The smallest absolute Gasteiger partial charge is 0.165 e. The molecule has 0 spiro atoms. The summed E-state index contributed by atoms with van der Waals surface area (Å²) in [6.45, 7) is 5.31. The van der Waals surface area contributed by atoms with Crippen molar-refractivity contribution < 1.29 is 9.13 Å². The predicted octanol–water partition coefficient (Wildman–Crippen LogP) is 2.91. The van der Waals surface area contributed by atoms with E-state index in [0.717, 1.165) is 6.54 Å². The standard InChI is InChI=1S/C13H19FN2OS/c1-10(2)9-16-13(15)18-8-7-17-12-6-4-3-5-11(12)14/h3-6,10H,7-9H2,1-2H3,(H2,15,16). The van der Waals surface area contributed by atoms with Crippen LogP contribution in [0.2, 0.25) is 0 Å². The number of nitrogens with zero attached hydrogens (tertiary/aromatic N) is 1. The van der Waals surface area contributed by atoms with Crippen molar-refractivity contribution in [1.82, 2.24) is 0 Å². The zero-order valence-electron chi connectivity index (χ0n) is 10.7. The number of para-hydroxylation sites is 1. The summed E-state index contributed by atoms with van der Waals surface area (Å²) in [6, 6.07) is 6.36. The molecule has 18 heavy (non-hydrogen) atoms. The lowest BCUT2D eigenvalue weighted by molar-refractivity contribution is 0.325. The van der Waals surface area contributed by atoms with Gasteiger partial charge in [-0.15, -0.1) is 0 Å². The Hall–Kier alpha value is -1.23. The second-order valence-electron chi connectivity index (χ2n) is 4.20. The third kappa shape index (κ3) is 5.91. The quantitative estimate of drug-likeness (QED) is 0.491. The molecule has 3 nitrogen and oxygen atoms in total. The van der Waals surface area contributed by atoms with Gasteiger partial charge in [0.15, 0.2) is 16.7 Å². The fraction of sp³-hybridized carbons (Fsp3) is 0.462. The van der Waals surface area contributed by atoms with Crippen molar-refractivity contribution in [3.8, 4) is 5.75 Å². The van der Waals surface area contributed by atoms with Crippen molar-refractivity contribution in [2.24, 2.45) is 16.6 Å². The van der Waals surface area contributed by atoms with Crippen LogP contribution in [-0.4, -0.2) is 24.1 Å². The summed E-state index contributed by atoms with van der Waals surface area (Å²) >= 11 is 1.42. The maximum Gasteiger partial charge on any atom is 0.165 e. The highest BCUT2D eigenvalue weighted by molar-refractivity contribution is 8.13. The summed E-state index contributed by atoms with van der Waals surface area (Å²) in [4.78, 5) is 4.21. The molecule has 0 bridgehead atoms. The average molecular weight is 270 g/mol. The molecule has 0 aliphatic carbocycles. The predicted molar refractivity (Wildman–Crippen MR) is 75.7 cm³/mol. The fourth-order valence-corrected chi connectivity index (χ4v) is 1.72. The molecule has 2 N–H and O–H groups in total. The third-order valence-electron chi connectivity index (χ3n) is 2.04. The van der Waals surface area contributed by atoms with Crippen molar-refractivity contribution in [3.05, 3.63) is 30.1 Å². The van der Waals surface area contributed by atoms with E-state index in [1.54, 1.807) is 18.2 Å². The molecule has 1 rings (SSSR count). The fourth-order valence-electron chi connectivity index (χ4n) is 1.18. The van der Waals surface area contributed by atoms with Gasteiger partial charge in [0.1, 0.15) is 0 Å². The Morgan fingerprint density at radius 2 is 2.17 bits per heavy atom. The number of benzene rings is 1. The molecule has 0 aliphatic rings. The highest BCUT2D eigenvalue weighted by atomic mass is 32.2. The van der Waals surface area contributed by atoms with Crippen LogP contribution in [0.4, 0.5) is 4.39 Å². The molecule has 0 aromatic heterocycles. The number of rotatable bonds is 6. The Bertz CT molecular complexity index is 396. The molecule has 0 atom stereocenters. The Labute approximate surface area is 112 Å². The van der Waals surface area contributed by atoms with E-state index in [9.17, 15) is 4.39 Å². The van der Waals surface area contributed by atoms with E-state index in [4.69, 9.17) is 10.5 Å². The van der Waals surface area contributed by atoms with E-state index in [0.29, 0.717) is 23.4 Å². The van der Waals surface area contributed by atoms with Crippen LogP contribution in [0.15, 0.2) is 29.3 Å². The summed E-state index contributed by atoms with van der Waals surface area (Å²) < 4.78 is 18.5. The lowest BCUT2D eigenvalue weighted by Gasteiger charge is -2.06. The number of amidine groups is 1. The van der Waals surface area contributed by atoms with Gasteiger partial charge < -0.3 is 10.5 Å². The molecular weight excluding hydrogens is 251 g/mol. The van der Waals surface area contributed by atoms with Gasteiger partial charge in [0.2, 0.25) is 0 Å². The number of hydrogen-bond acceptors (Lipinski definition) is 3. The molecule has 1 aromatic carbocycles. The number of hydrogen-bond donors (Lipinski definition) is 1. The lowest BCUT2D eigenvalue weighted by Crippen LogP contribution is -2.12. The molecule has 0 amide bonds. The molecule has 0 aliphatic heterocycles. The zero-order chi connectivity index (χ0) is 13.4. The average Bonchev–Trinajstić information content (AvgIpc) is 2.34. The topological polar surface area (TPSA) is 47.6 Å². The maximum absolute atomic E-state index is 13.2. The number of thioether (sulfide) groups is 1. The highest BCUT2D eigenvalue weighted by Crippen LogP contribution is 2.15. The minimum absolute atomic E-state index is 0.274. The second kappa shape index (κ2) is 7.97. The van der Waals surface area contributed by atoms with Crippen LogP contribution < -0.4 is 10.5 Å². The van der Waals surface area contributed by atoms with Crippen LogP contribution >= 0.6 is 11.8 Å². The summed E-state index contributed by atoms with van der Waals surface area (Å²) in [5.41, 5.74) is 5.71. The lowest BCUT2D eigenvalue weighted by atomic mass is 10.2. The largest absolute Gasteiger partial charge is 0.490 e. The van der Waals surface area contributed by atoms with Gasteiger partial charge in [0.25, 0.3) is 0 Å². The van der Waals surface area contributed by atoms with Gasteiger partial charge in [-0.1, -0.05) is 37.7 Å². The number of halogens is 1. The molecule has 0 saturated heterocycles. The number of nitrogens with two attached hydrogens (primary N) is 1. The first-order valence-electron chi connectivity index (χ1n) is 5.89. The van der Waals surface area contributed by atoms with Crippen molar-refractivity contribution in [2.75, 3.05) is 18.9 Å². The molecule has 1 aromatic rings. The Morgan fingerprint density at radius 1 is 1.44 bits per heavy atom. The van der Waals surface area contributed by atoms with E-state index in [-0.39, 0.29) is 11.6 Å². The summed E-state index contributed by atoms with van der Waals surface area (Å²) in [5, 5.41) is 0.556. The van der Waals surface area contributed by atoms with Gasteiger partial charge in [-0.25, -0.2) is 4.39 Å². The van der Waals surface area contributed by atoms with Crippen LogP contribution in [0.3, 0.4) is 0 Å². The number of ether oxygens (including phenoxy) is 1. The normalized spacial score (nSPS) is 11.9. The highest BCUT2D eigenvalue weighted by Gasteiger charge is 2.01. The van der Waals surface area contributed by atoms with Crippen LogP contribution in [0, 0.1) is 11.7 Å². The minimum atomic E-state index is -0.344. The van der Waals surface area contributed by atoms with Crippen molar-refractivity contribution in [3.63, 3.8) is 0 Å². The Kier molecular flexibility index (Phi) is 6.57. The van der Waals surface area contributed by atoms with Crippen LogP contribution in [0.1, 0.15) is 13.8 Å². The Balaban J connectivity index is 2.23.